The summed E-state index contributed by atoms with van der Waals surface area (Å²) >= 11 is 0. The number of benzene rings is 1. The SMILES string of the molecule is CC(C)(C)OC(=O)N1CCC(COc2ccccc2F)C1. The van der Waals surface area contributed by atoms with Gasteiger partial charge >= 0.3 is 6.09 Å². The standard InChI is InChI=1S/C16H22FNO3/c1-16(2,3)21-15(19)18-9-8-12(10-18)11-20-14-7-5-4-6-13(14)17/h4-7,12H,8-11H2,1-3H3. The molecule has 1 aliphatic rings. The van der Waals surface area contributed by atoms with E-state index in [9.17, 15) is 9.18 Å². The maximum absolute atomic E-state index is 13.4. The van der Waals surface area contributed by atoms with E-state index in [4.69, 9.17) is 9.47 Å². The molecule has 1 fully saturated rings. The summed E-state index contributed by atoms with van der Waals surface area (Å²) in [6, 6.07) is 6.34. The number of halogens is 1. The van der Waals surface area contributed by atoms with Crippen molar-refractivity contribution in [2.24, 2.45) is 5.92 Å². The average molecular weight is 295 g/mol. The maximum atomic E-state index is 13.4. The van der Waals surface area contributed by atoms with Crippen molar-refractivity contribution in [1.29, 1.82) is 0 Å². The van der Waals surface area contributed by atoms with Gasteiger partial charge in [0.25, 0.3) is 0 Å². The average Bonchev–Trinajstić information content (AvgIpc) is 2.85. The number of amides is 1. The van der Waals surface area contributed by atoms with E-state index in [1.807, 2.05) is 20.8 Å². The lowest BCUT2D eigenvalue weighted by atomic mass is 10.1. The highest BCUT2D eigenvalue weighted by molar-refractivity contribution is 5.68. The first-order valence-corrected chi connectivity index (χ1v) is 7.20. The molecular weight excluding hydrogens is 273 g/mol. The number of hydrogen-bond acceptors (Lipinski definition) is 3. The summed E-state index contributed by atoms with van der Waals surface area (Å²) in [6.45, 7) is 7.18. The van der Waals surface area contributed by atoms with Crippen LogP contribution >= 0.6 is 0 Å². The molecule has 1 aromatic carbocycles. The van der Waals surface area contributed by atoms with Gasteiger partial charge in [0.15, 0.2) is 11.6 Å². The molecule has 2 rings (SSSR count). The Morgan fingerprint density at radius 1 is 1.38 bits per heavy atom. The van der Waals surface area contributed by atoms with Gasteiger partial charge in [0.2, 0.25) is 0 Å². The van der Waals surface area contributed by atoms with Crippen molar-refractivity contribution >= 4 is 6.09 Å². The fourth-order valence-corrected chi connectivity index (χ4v) is 2.23. The minimum absolute atomic E-state index is 0.206. The minimum Gasteiger partial charge on any atom is -0.490 e. The molecule has 5 heteroatoms. The summed E-state index contributed by atoms with van der Waals surface area (Å²) in [4.78, 5) is 13.6. The van der Waals surface area contributed by atoms with Gasteiger partial charge in [0, 0.05) is 19.0 Å². The van der Waals surface area contributed by atoms with Crippen LogP contribution in [0.25, 0.3) is 0 Å². The monoisotopic (exact) mass is 295 g/mol. The molecule has 116 valence electrons. The number of para-hydroxylation sites is 1. The minimum atomic E-state index is -0.487. The van der Waals surface area contributed by atoms with Crippen LogP contribution in [-0.4, -0.2) is 36.3 Å². The molecule has 1 unspecified atom stereocenters. The normalized spacial score (nSPS) is 18.7. The highest BCUT2D eigenvalue weighted by atomic mass is 19.1. The number of rotatable bonds is 3. The van der Waals surface area contributed by atoms with Gasteiger partial charge < -0.3 is 14.4 Å². The predicted octanol–water partition coefficient (Wildman–Crippen LogP) is 3.46. The molecule has 0 radical (unpaired) electrons. The summed E-state index contributed by atoms with van der Waals surface area (Å²) < 4.78 is 24.3. The first-order chi connectivity index (χ1) is 9.85. The van der Waals surface area contributed by atoms with Crippen molar-refractivity contribution in [3.8, 4) is 5.75 Å². The fraction of sp³-hybridized carbons (Fsp3) is 0.562. The number of ether oxygens (including phenoxy) is 2. The van der Waals surface area contributed by atoms with Crippen LogP contribution in [0.5, 0.6) is 5.75 Å². The maximum Gasteiger partial charge on any atom is 0.410 e. The topological polar surface area (TPSA) is 38.8 Å². The van der Waals surface area contributed by atoms with Gasteiger partial charge in [-0.15, -0.1) is 0 Å². The highest BCUT2D eigenvalue weighted by Crippen LogP contribution is 2.22. The molecule has 21 heavy (non-hydrogen) atoms. The Hall–Kier alpha value is -1.78. The van der Waals surface area contributed by atoms with Crippen LogP contribution in [0.3, 0.4) is 0 Å². The molecule has 0 saturated carbocycles. The van der Waals surface area contributed by atoms with Crippen LogP contribution < -0.4 is 4.74 Å². The molecule has 4 nitrogen and oxygen atoms in total. The zero-order valence-electron chi connectivity index (χ0n) is 12.8. The van der Waals surface area contributed by atoms with Crippen LogP contribution in [0.15, 0.2) is 24.3 Å². The van der Waals surface area contributed by atoms with Crippen molar-refractivity contribution in [1.82, 2.24) is 4.90 Å². The second-order valence-electron chi connectivity index (χ2n) is 6.32. The molecule has 0 spiro atoms. The van der Waals surface area contributed by atoms with Crippen LogP contribution in [0, 0.1) is 11.7 Å². The lowest BCUT2D eigenvalue weighted by Gasteiger charge is -2.24. The number of likely N-dealkylation sites (tertiary alicyclic amines) is 1. The molecule has 1 amide bonds. The number of carbonyl (C=O) groups excluding carboxylic acids is 1. The van der Waals surface area contributed by atoms with E-state index >= 15 is 0 Å². The second kappa shape index (κ2) is 6.33. The first-order valence-electron chi connectivity index (χ1n) is 7.20. The van der Waals surface area contributed by atoms with Crippen LogP contribution in [0.2, 0.25) is 0 Å². The smallest absolute Gasteiger partial charge is 0.410 e. The van der Waals surface area contributed by atoms with E-state index < -0.39 is 5.60 Å². The Bertz CT molecular complexity index is 499. The lowest BCUT2D eigenvalue weighted by Crippen LogP contribution is -2.35. The number of nitrogens with zero attached hydrogens (tertiary/aromatic N) is 1. The van der Waals surface area contributed by atoms with Crippen LogP contribution in [-0.2, 0) is 4.74 Å². The van der Waals surface area contributed by atoms with E-state index in [2.05, 4.69) is 0 Å². The molecule has 0 N–H and O–H groups in total. The number of hydrogen-bond donors (Lipinski definition) is 0. The third-order valence-corrected chi connectivity index (χ3v) is 3.25. The molecule has 1 heterocycles. The Morgan fingerprint density at radius 2 is 2.10 bits per heavy atom. The second-order valence-corrected chi connectivity index (χ2v) is 6.32. The Balaban J connectivity index is 1.80. The van der Waals surface area contributed by atoms with Gasteiger partial charge in [-0.25, -0.2) is 9.18 Å². The van der Waals surface area contributed by atoms with Gasteiger partial charge in [-0.1, -0.05) is 12.1 Å². The molecule has 1 aliphatic heterocycles. The summed E-state index contributed by atoms with van der Waals surface area (Å²) in [5.41, 5.74) is -0.487. The van der Waals surface area contributed by atoms with Crippen molar-refractivity contribution < 1.29 is 18.7 Å². The highest BCUT2D eigenvalue weighted by Gasteiger charge is 2.30. The number of carbonyl (C=O) groups is 1. The third-order valence-electron chi connectivity index (χ3n) is 3.25. The summed E-state index contributed by atoms with van der Waals surface area (Å²) in [5.74, 6) is 0.102. The van der Waals surface area contributed by atoms with Gasteiger partial charge in [-0.3, -0.25) is 0 Å². The zero-order chi connectivity index (χ0) is 15.5. The summed E-state index contributed by atoms with van der Waals surface area (Å²) in [5, 5.41) is 0. The Labute approximate surface area is 124 Å². The van der Waals surface area contributed by atoms with E-state index in [0.717, 1.165) is 6.42 Å². The molecule has 1 aromatic rings. The summed E-state index contributed by atoms with van der Waals surface area (Å²) in [6.07, 6.45) is 0.545. The predicted molar refractivity (Wildman–Crippen MR) is 77.8 cm³/mol. The molecule has 0 aliphatic carbocycles. The van der Waals surface area contributed by atoms with Gasteiger partial charge in [0.05, 0.1) is 6.61 Å². The molecule has 1 saturated heterocycles. The van der Waals surface area contributed by atoms with Gasteiger partial charge in [-0.2, -0.15) is 0 Å². The van der Waals surface area contributed by atoms with Crippen molar-refractivity contribution in [3.05, 3.63) is 30.1 Å². The quantitative estimate of drug-likeness (QED) is 0.857. The Morgan fingerprint density at radius 3 is 2.76 bits per heavy atom. The van der Waals surface area contributed by atoms with E-state index in [1.54, 1.807) is 23.1 Å². The van der Waals surface area contributed by atoms with E-state index in [1.165, 1.54) is 6.07 Å². The van der Waals surface area contributed by atoms with Crippen molar-refractivity contribution in [3.63, 3.8) is 0 Å². The van der Waals surface area contributed by atoms with E-state index in [-0.39, 0.29) is 23.6 Å². The molecular formula is C16H22FNO3. The van der Waals surface area contributed by atoms with Gasteiger partial charge in [-0.05, 0) is 39.3 Å². The first kappa shape index (κ1) is 15.6. The lowest BCUT2D eigenvalue weighted by molar-refractivity contribution is 0.0284. The van der Waals surface area contributed by atoms with Crippen molar-refractivity contribution in [2.75, 3.05) is 19.7 Å². The van der Waals surface area contributed by atoms with Crippen LogP contribution in [0.1, 0.15) is 27.2 Å². The Kier molecular flexibility index (Phi) is 4.70. The van der Waals surface area contributed by atoms with Gasteiger partial charge in [0.1, 0.15) is 5.60 Å². The van der Waals surface area contributed by atoms with E-state index in [0.29, 0.717) is 19.7 Å². The van der Waals surface area contributed by atoms with Crippen LogP contribution in [0.4, 0.5) is 9.18 Å². The van der Waals surface area contributed by atoms with Crippen molar-refractivity contribution in [2.45, 2.75) is 32.8 Å². The largest absolute Gasteiger partial charge is 0.490 e. The third kappa shape index (κ3) is 4.62. The molecule has 0 bridgehead atoms. The summed E-state index contributed by atoms with van der Waals surface area (Å²) in [7, 11) is 0. The molecule has 1 atom stereocenters. The zero-order valence-corrected chi connectivity index (χ0v) is 12.8. The molecule has 0 aromatic heterocycles. The fourth-order valence-electron chi connectivity index (χ4n) is 2.23.